The van der Waals surface area contributed by atoms with Gasteiger partial charge in [-0.15, -0.1) is 0 Å². The molecule has 0 fully saturated rings. The summed E-state index contributed by atoms with van der Waals surface area (Å²) in [5.41, 5.74) is 1.69. The second-order valence-corrected chi connectivity index (χ2v) is 9.13. The quantitative estimate of drug-likeness (QED) is 0.384. The summed E-state index contributed by atoms with van der Waals surface area (Å²) in [5.74, 6) is 0.575. The first-order chi connectivity index (χ1) is 15.1. The monoisotopic (exact) mass is 433 g/mol. The highest BCUT2D eigenvalue weighted by atomic mass is 32.2. The summed E-state index contributed by atoms with van der Waals surface area (Å²) in [6, 6.07) is 18.2. The summed E-state index contributed by atoms with van der Waals surface area (Å²) in [4.78, 5) is 8.90. The Morgan fingerprint density at radius 1 is 0.968 bits per heavy atom. The van der Waals surface area contributed by atoms with Gasteiger partial charge in [0.15, 0.2) is 9.84 Å². The molecular weight excluding hydrogens is 410 g/mol. The lowest BCUT2D eigenvalue weighted by molar-refractivity contribution is 0.502. The van der Waals surface area contributed by atoms with Gasteiger partial charge in [0, 0.05) is 25.0 Å². The van der Waals surface area contributed by atoms with Crippen molar-refractivity contribution in [2.75, 3.05) is 0 Å². The molecule has 4 aromatic rings. The number of hydrogen-bond donors (Lipinski definition) is 0. The SMILES string of the molecule is O=S(=O)(Cc1oc(/C=C/c2ccccc2)nc1CCCn1ccnc1)c1ccccc1. The van der Waals surface area contributed by atoms with E-state index in [-0.39, 0.29) is 10.6 Å². The van der Waals surface area contributed by atoms with Crippen LogP contribution in [0.15, 0.2) is 88.7 Å². The van der Waals surface area contributed by atoms with E-state index in [0.717, 1.165) is 18.5 Å². The molecule has 0 saturated heterocycles. The van der Waals surface area contributed by atoms with Crippen molar-refractivity contribution in [1.29, 1.82) is 0 Å². The van der Waals surface area contributed by atoms with Crippen molar-refractivity contribution in [3.8, 4) is 0 Å². The maximum Gasteiger partial charge on any atom is 0.219 e. The Morgan fingerprint density at radius 3 is 2.42 bits per heavy atom. The van der Waals surface area contributed by atoms with Gasteiger partial charge in [-0.3, -0.25) is 0 Å². The molecule has 0 aliphatic heterocycles. The molecule has 0 aliphatic carbocycles. The minimum atomic E-state index is -3.53. The van der Waals surface area contributed by atoms with Crippen LogP contribution in [0.2, 0.25) is 0 Å². The van der Waals surface area contributed by atoms with Gasteiger partial charge < -0.3 is 8.98 Å². The van der Waals surface area contributed by atoms with Crippen molar-refractivity contribution in [2.24, 2.45) is 0 Å². The van der Waals surface area contributed by atoms with E-state index in [2.05, 4.69) is 9.97 Å². The Kier molecular flexibility index (Phi) is 6.43. The fourth-order valence-corrected chi connectivity index (χ4v) is 4.56. The molecule has 31 heavy (non-hydrogen) atoms. The van der Waals surface area contributed by atoms with Gasteiger partial charge in [0.05, 0.1) is 16.9 Å². The van der Waals surface area contributed by atoms with Crippen LogP contribution in [0.25, 0.3) is 12.2 Å². The number of aryl methyl sites for hydroxylation is 2. The van der Waals surface area contributed by atoms with E-state index in [1.807, 2.05) is 47.2 Å². The molecule has 2 aromatic carbocycles. The largest absolute Gasteiger partial charge is 0.440 e. The number of imidazole rings is 1. The Hall–Kier alpha value is -3.45. The van der Waals surface area contributed by atoms with E-state index in [4.69, 9.17) is 4.42 Å². The van der Waals surface area contributed by atoms with Gasteiger partial charge in [-0.25, -0.2) is 18.4 Å². The predicted molar refractivity (Wildman–Crippen MR) is 120 cm³/mol. The van der Waals surface area contributed by atoms with Gasteiger partial charge in [0.2, 0.25) is 5.89 Å². The average Bonchev–Trinajstić information content (AvgIpc) is 3.44. The van der Waals surface area contributed by atoms with Crippen LogP contribution in [0.4, 0.5) is 0 Å². The lowest BCUT2D eigenvalue weighted by Crippen LogP contribution is -2.06. The van der Waals surface area contributed by atoms with E-state index in [1.165, 1.54) is 0 Å². The minimum Gasteiger partial charge on any atom is -0.440 e. The number of oxazole rings is 1. The van der Waals surface area contributed by atoms with Gasteiger partial charge in [0.25, 0.3) is 0 Å². The third-order valence-corrected chi connectivity index (χ3v) is 6.46. The van der Waals surface area contributed by atoms with E-state index in [1.54, 1.807) is 48.9 Å². The Morgan fingerprint density at radius 2 is 1.71 bits per heavy atom. The van der Waals surface area contributed by atoms with Gasteiger partial charge >= 0.3 is 0 Å². The first kappa shape index (κ1) is 20.8. The number of aromatic nitrogens is 3. The predicted octanol–water partition coefficient (Wildman–Crippen LogP) is 4.65. The highest BCUT2D eigenvalue weighted by Crippen LogP contribution is 2.22. The average molecular weight is 434 g/mol. The summed E-state index contributed by atoms with van der Waals surface area (Å²) in [5, 5.41) is 0. The molecule has 0 unspecified atom stereocenters. The first-order valence-corrected chi connectivity index (χ1v) is 11.7. The second-order valence-electron chi connectivity index (χ2n) is 7.14. The molecule has 0 N–H and O–H groups in total. The van der Waals surface area contributed by atoms with Crippen LogP contribution in [0, 0.1) is 0 Å². The second kappa shape index (κ2) is 9.57. The van der Waals surface area contributed by atoms with Crippen molar-refractivity contribution < 1.29 is 12.8 Å². The maximum absolute atomic E-state index is 12.9. The van der Waals surface area contributed by atoms with E-state index >= 15 is 0 Å². The van der Waals surface area contributed by atoms with Gasteiger partial charge in [-0.05, 0) is 36.6 Å². The molecule has 158 valence electrons. The van der Waals surface area contributed by atoms with Crippen molar-refractivity contribution in [3.05, 3.63) is 102 Å². The molecule has 0 saturated carbocycles. The molecule has 0 radical (unpaired) electrons. The standard InChI is InChI=1S/C24H23N3O3S/c28-31(29,21-10-5-2-6-11-21)18-23-22(12-7-16-27-17-15-25-19-27)26-24(30-23)14-13-20-8-3-1-4-9-20/h1-6,8-11,13-15,17,19H,7,12,16,18H2/b14-13+. The lowest BCUT2D eigenvalue weighted by atomic mass is 10.2. The zero-order chi connectivity index (χ0) is 21.5. The van der Waals surface area contributed by atoms with Crippen LogP contribution in [-0.4, -0.2) is 23.0 Å². The molecule has 2 aromatic heterocycles. The van der Waals surface area contributed by atoms with Crippen molar-refractivity contribution in [2.45, 2.75) is 30.0 Å². The topological polar surface area (TPSA) is 78.0 Å². The molecule has 6 nitrogen and oxygen atoms in total. The summed E-state index contributed by atoms with van der Waals surface area (Å²) < 4.78 is 33.6. The fraction of sp³-hybridized carbons (Fsp3) is 0.167. The number of nitrogens with zero attached hydrogens (tertiary/aromatic N) is 3. The van der Waals surface area contributed by atoms with E-state index in [0.29, 0.717) is 23.8 Å². The van der Waals surface area contributed by atoms with E-state index in [9.17, 15) is 8.42 Å². The third kappa shape index (κ3) is 5.58. The van der Waals surface area contributed by atoms with Crippen LogP contribution in [0.1, 0.15) is 29.3 Å². The molecule has 0 bridgehead atoms. The third-order valence-electron chi connectivity index (χ3n) is 4.83. The van der Waals surface area contributed by atoms with Crippen LogP contribution in [-0.2, 0) is 28.6 Å². The first-order valence-electron chi connectivity index (χ1n) is 10.1. The van der Waals surface area contributed by atoms with E-state index < -0.39 is 9.84 Å². The number of rotatable bonds is 9. The zero-order valence-corrected chi connectivity index (χ0v) is 17.8. The molecule has 7 heteroatoms. The normalized spacial score (nSPS) is 11.9. The maximum atomic E-state index is 12.9. The van der Waals surface area contributed by atoms with Crippen LogP contribution < -0.4 is 0 Å². The van der Waals surface area contributed by atoms with Gasteiger partial charge in [0.1, 0.15) is 11.5 Å². The number of hydrogen-bond acceptors (Lipinski definition) is 5. The van der Waals surface area contributed by atoms with Crippen molar-refractivity contribution >= 4 is 22.0 Å². The van der Waals surface area contributed by atoms with Crippen LogP contribution in [0.5, 0.6) is 0 Å². The molecule has 0 spiro atoms. The molecule has 4 rings (SSSR count). The molecular formula is C24H23N3O3S. The van der Waals surface area contributed by atoms with Gasteiger partial charge in [-0.2, -0.15) is 0 Å². The number of benzene rings is 2. The Balaban J connectivity index is 1.56. The Bertz CT molecular complexity index is 1230. The summed E-state index contributed by atoms with van der Waals surface area (Å²) in [7, 11) is -3.53. The zero-order valence-electron chi connectivity index (χ0n) is 17.0. The smallest absolute Gasteiger partial charge is 0.219 e. The summed E-state index contributed by atoms with van der Waals surface area (Å²) >= 11 is 0. The summed E-state index contributed by atoms with van der Waals surface area (Å²) in [6.45, 7) is 0.771. The minimum absolute atomic E-state index is 0.219. The summed E-state index contributed by atoms with van der Waals surface area (Å²) in [6.07, 6.45) is 10.5. The lowest BCUT2D eigenvalue weighted by Gasteiger charge is -2.04. The highest BCUT2D eigenvalue weighted by Gasteiger charge is 2.21. The van der Waals surface area contributed by atoms with Crippen LogP contribution in [0.3, 0.4) is 0 Å². The van der Waals surface area contributed by atoms with Crippen molar-refractivity contribution in [1.82, 2.24) is 14.5 Å². The molecule has 0 aliphatic rings. The number of sulfone groups is 1. The molecule has 0 atom stereocenters. The Labute approximate surface area is 181 Å². The highest BCUT2D eigenvalue weighted by molar-refractivity contribution is 7.90. The molecule has 2 heterocycles. The van der Waals surface area contributed by atoms with Gasteiger partial charge in [-0.1, -0.05) is 48.5 Å². The van der Waals surface area contributed by atoms with Crippen molar-refractivity contribution in [3.63, 3.8) is 0 Å². The van der Waals surface area contributed by atoms with Crippen LogP contribution >= 0.6 is 0 Å². The molecule has 0 amide bonds. The fourth-order valence-electron chi connectivity index (χ4n) is 3.25.